The van der Waals surface area contributed by atoms with Crippen molar-refractivity contribution in [1.82, 2.24) is 164 Å². The van der Waals surface area contributed by atoms with E-state index in [-0.39, 0.29) is 74.2 Å². The first-order chi connectivity index (χ1) is 68.1. The molecule has 12 rings (SSSR count). The first kappa shape index (κ1) is 133. The lowest BCUT2D eigenvalue weighted by atomic mass is 10.2. The summed E-state index contributed by atoms with van der Waals surface area (Å²) in [5, 5.41) is 84.9. The van der Waals surface area contributed by atoms with E-state index in [1.165, 1.54) is 4.90 Å². The second-order valence-electron chi connectivity index (χ2n) is 42.8. The van der Waals surface area contributed by atoms with E-state index >= 15 is 0 Å². The van der Waals surface area contributed by atoms with Crippen LogP contribution in [-0.4, -0.2) is 491 Å². The monoisotopic (exact) mass is 2110 g/mol. The van der Waals surface area contributed by atoms with Crippen LogP contribution in [0.3, 0.4) is 0 Å². The quantitative estimate of drug-likeness (QED) is 0.117. The topological polar surface area (TPSA) is 709 Å². The van der Waals surface area contributed by atoms with E-state index in [9.17, 15) is 0 Å². The van der Waals surface area contributed by atoms with Gasteiger partial charge in [0, 0.05) is 211 Å². The first-order valence-electron chi connectivity index (χ1n) is 48.2. The summed E-state index contributed by atoms with van der Waals surface area (Å²) in [6.07, 6.45) is 0. The fourth-order valence-corrected chi connectivity index (χ4v) is 13.3. The number of aliphatic imine (C=N–C) groups is 20. The summed E-state index contributed by atoms with van der Waals surface area (Å²) in [6, 6.07) is 0. The van der Waals surface area contributed by atoms with Gasteiger partial charge in [-0.2, -0.15) is 20.0 Å². The molecule has 12 aliphatic rings. The fourth-order valence-electron chi connectivity index (χ4n) is 13.3. The van der Waals surface area contributed by atoms with Crippen LogP contribution >= 0.6 is 0 Å². The van der Waals surface area contributed by atoms with Gasteiger partial charge < -0.3 is 147 Å². The lowest BCUT2D eigenvalue weighted by Gasteiger charge is -2.40. The molecule has 150 heavy (non-hydrogen) atoms. The maximum Gasteiger partial charge on any atom is 0.225 e. The van der Waals surface area contributed by atoms with E-state index in [4.69, 9.17) is 44.6 Å². The Labute approximate surface area is 893 Å². The zero-order valence-electron chi connectivity index (χ0n) is 101. The van der Waals surface area contributed by atoms with Crippen LogP contribution in [-0.2, 0) is 0 Å². The van der Waals surface area contributed by atoms with Gasteiger partial charge in [0.2, 0.25) is 83.4 Å². The molecule has 0 radical (unpaired) electrons. The van der Waals surface area contributed by atoms with E-state index < -0.39 is 5.66 Å². The molecule has 4 saturated heterocycles. The Hall–Kier alpha value is -15.1. The van der Waals surface area contributed by atoms with Gasteiger partial charge in [0.15, 0.2) is 70.9 Å². The second-order valence-corrected chi connectivity index (χ2v) is 42.8. The van der Waals surface area contributed by atoms with Crippen molar-refractivity contribution in [2.75, 3.05) is 211 Å². The van der Waals surface area contributed by atoms with Crippen LogP contribution in [0.2, 0.25) is 0 Å². The lowest BCUT2D eigenvalue weighted by Crippen LogP contribution is -2.68. The largest absolute Gasteiger partial charge is 0.370 e. The van der Waals surface area contributed by atoms with Gasteiger partial charge in [-0.1, -0.05) is 0 Å². The Balaban J connectivity index is 0.000000819. The predicted molar refractivity (Wildman–Crippen MR) is 625 cm³/mol. The minimum Gasteiger partial charge on any atom is -0.370 e. The number of hydrogen-bond donors (Lipinski definition) is 26. The average molecular weight is 2110 g/mol. The minimum absolute atomic E-state index is 0.198. The molecule has 852 valence electrons. The van der Waals surface area contributed by atoms with Crippen molar-refractivity contribution in [3.05, 3.63) is 0 Å². The number of nitrogens with one attached hydrogen (secondary N) is 22. The number of rotatable bonds is 0. The highest BCUT2D eigenvalue weighted by molar-refractivity contribution is 6.06. The Morgan fingerprint density at radius 3 is 0.920 bits per heavy atom. The van der Waals surface area contributed by atoms with E-state index in [0.29, 0.717) is 53.6 Å². The van der Waals surface area contributed by atoms with Gasteiger partial charge in [-0.05, 0) is 166 Å². The van der Waals surface area contributed by atoms with E-state index in [2.05, 4.69) is 196 Å². The van der Waals surface area contributed by atoms with Crippen molar-refractivity contribution in [2.45, 2.75) is 234 Å². The van der Waals surface area contributed by atoms with Crippen LogP contribution in [0.25, 0.3) is 0 Å². The number of nitrogens with two attached hydrogens (primary N) is 4. The van der Waals surface area contributed by atoms with Crippen molar-refractivity contribution in [3.8, 4) is 0 Å². The normalized spacial score (nSPS) is 22.7. The molecular formula is C90H192N60. The van der Waals surface area contributed by atoms with E-state index in [1.807, 2.05) is 368 Å². The molecular weight excluding hydrogens is 1920 g/mol. The Kier molecular flexibility index (Phi) is 48.0. The molecule has 0 amide bonds. The van der Waals surface area contributed by atoms with Crippen molar-refractivity contribution < 1.29 is 0 Å². The molecule has 12 aliphatic heterocycles. The predicted octanol–water partition coefficient (Wildman–Crippen LogP) is -2.74. The van der Waals surface area contributed by atoms with Gasteiger partial charge in [0.1, 0.15) is 56.6 Å². The standard InChI is InChI=1S/C10H21N5.2C9H19N5.3C8H17N5.3C7H15N5.2C6H13N5.C5H11N5/c1-10(2)11-8(13(3)4)15(7)9(12-10)14(5)6;1-9(2)11-7(13(3)4)10-8(12-9)14(5)6;1-9(2)11-7(10-3)14(6)8(12-9)13(4)5;1-8(2)10-6(9)13(5)7(11-8)12(3)4;1-8(2)11-6(9-3)10-7(12-8)13(4)5;1-8(2)11-6(9-3)13(5)7(10-4)12-8;1-7(2)10-5(8)9-6(11-7)12(3)4;1-7(2)10-5(8)12(4)6(9-3)11-7;1-7(2)11-5(8-3)10-6(9-4)12-7;1-6(2)9-4(7)11(3)5(8)10-6;1-6(2)10-4(7)9-5(8-3)11-6;1-5(2)9-3(6)8-4(7)10-5/h1-7H3;1-6H3,(H,10,11,12);1-6H3,(H,10,11);1-5H3,(H2,9,10);1-5H3,(H2,9,10,11,12);1-5H3,(H,9,11)(H,10,12);1-4H3,(H3,8,9,10,11);1-4H3,(H2,8,10)(H,9,11);1-4H3,(H3,8,9,10,11,12);1-3H3,(H2,7,9)(H2,8,10);1-3H3,(H4,7,8,9,10,11);1-2H3,(H5,6,7,8,9,10). The Morgan fingerprint density at radius 1 is 0.253 bits per heavy atom. The fraction of sp³-hybridized carbons (Fsp3) is 0.733. The van der Waals surface area contributed by atoms with E-state index in [0.717, 1.165) is 77.5 Å². The highest BCUT2D eigenvalue weighted by Crippen LogP contribution is 2.22. The van der Waals surface area contributed by atoms with Crippen LogP contribution in [0.4, 0.5) is 0 Å². The van der Waals surface area contributed by atoms with Crippen molar-refractivity contribution in [3.63, 3.8) is 0 Å². The Bertz CT molecular complexity index is 5080. The van der Waals surface area contributed by atoms with Crippen LogP contribution in [0.5, 0.6) is 0 Å². The van der Waals surface area contributed by atoms with Gasteiger partial charge in [0.25, 0.3) is 0 Å². The zero-order chi connectivity index (χ0) is 117. The summed E-state index contributed by atoms with van der Waals surface area (Å²) < 4.78 is 0. The van der Waals surface area contributed by atoms with Gasteiger partial charge in [-0.15, -0.1) is 0 Å². The number of nitrogens with zero attached hydrogens (tertiary/aromatic N) is 34. The molecule has 30 N–H and O–H groups in total. The molecule has 0 spiro atoms. The highest BCUT2D eigenvalue weighted by atomic mass is 15.5. The second kappa shape index (κ2) is 54.2. The smallest absolute Gasteiger partial charge is 0.225 e. The Morgan fingerprint density at radius 2 is 0.560 bits per heavy atom. The molecule has 0 bridgehead atoms. The summed E-state index contributed by atoms with van der Waals surface area (Å²) in [5.74, 6) is 15.2. The molecule has 0 atom stereocenters. The van der Waals surface area contributed by atoms with Gasteiger partial charge in [0.05, 0.1) is 0 Å². The summed E-state index contributed by atoms with van der Waals surface area (Å²) in [4.78, 5) is 110. The van der Waals surface area contributed by atoms with Gasteiger partial charge in [-0.25, -0.2) is 44.9 Å². The van der Waals surface area contributed by atoms with Crippen molar-refractivity contribution in [2.24, 2.45) is 123 Å². The molecule has 0 saturated carbocycles. The lowest BCUT2D eigenvalue weighted by molar-refractivity contribution is 0.364. The molecule has 4 fully saturated rings. The van der Waals surface area contributed by atoms with Crippen LogP contribution in [0.1, 0.15) is 166 Å². The number of hydrogen-bond acceptors (Lipinski definition) is 42. The summed E-state index contributed by atoms with van der Waals surface area (Å²) in [5.41, 5.74) is 18.0. The zero-order valence-corrected chi connectivity index (χ0v) is 101. The van der Waals surface area contributed by atoms with Crippen LogP contribution < -0.4 is 119 Å². The SMILES string of the molecule is CC1(C)N=C(N)NC(N)=N1.CN(C)C1=NC(C)(C)N=C(N(C)C)N1C.CN(C)C1=NC(C)(C)NC(=N)N1C.CN(C)C1=NC(C)(C)NC(N(C)C)=N1.CN(C)C1=NC(C)(C)NC(N)=N1.CN1C(=N)NC(C)(C)NC1=N.CN=C1N=C(N)NC(C)(C)N1.CN=C1NC(=NC)NC(C)(C)N1.CN=C1NC(C)(C)N=C(N(C)C)N1C.CN=C1NC(C)(C)NC(=N)N1C.CN=C1NC(C)(C)NC(=NC)N1C.CNC1=NC(N(C)C)=NC(C)(C)N1. The molecule has 0 aliphatic carbocycles. The summed E-state index contributed by atoms with van der Waals surface area (Å²) in [7, 11) is 56.2. The highest BCUT2D eigenvalue weighted by Gasteiger charge is 2.38. The first-order valence-corrected chi connectivity index (χ1v) is 48.2. The third-order valence-electron chi connectivity index (χ3n) is 20.0. The molecule has 60 nitrogen and oxygen atoms in total. The third kappa shape index (κ3) is 45.7. The average Bonchev–Trinajstić information content (AvgIpc) is 1.72. The summed E-state index contributed by atoms with van der Waals surface area (Å²) in [6.45, 7) is 47.2. The number of guanidine groups is 24. The maximum absolute atomic E-state index is 7.68. The third-order valence-corrected chi connectivity index (χ3v) is 20.0. The molecule has 0 aromatic rings. The van der Waals surface area contributed by atoms with Gasteiger partial charge >= 0.3 is 0 Å². The summed E-state index contributed by atoms with van der Waals surface area (Å²) >= 11 is 0. The minimum atomic E-state index is -0.514. The maximum atomic E-state index is 7.68. The molecule has 0 unspecified atom stereocenters. The van der Waals surface area contributed by atoms with Gasteiger partial charge in [-0.3, -0.25) is 96.6 Å². The van der Waals surface area contributed by atoms with Crippen molar-refractivity contribution in [1.29, 1.82) is 21.6 Å². The molecule has 60 heteroatoms. The molecule has 12 heterocycles. The van der Waals surface area contributed by atoms with Crippen LogP contribution in [0.15, 0.2) is 99.8 Å². The molecule has 0 aromatic heterocycles. The molecule has 0 aromatic carbocycles. The van der Waals surface area contributed by atoms with Crippen LogP contribution in [0, 0.1) is 21.6 Å². The van der Waals surface area contributed by atoms with Crippen molar-refractivity contribution >= 4 is 143 Å². The van der Waals surface area contributed by atoms with E-state index in [1.54, 1.807) is 73.2 Å².